The fourth-order valence-corrected chi connectivity index (χ4v) is 3.47. The zero-order chi connectivity index (χ0) is 14.1. The highest BCUT2D eigenvalue weighted by molar-refractivity contribution is 5.70. The molecule has 3 rings (SSSR count). The molecule has 5 heteroatoms. The predicted octanol–water partition coefficient (Wildman–Crippen LogP) is 1.25. The molecule has 2 aliphatic rings. The van der Waals surface area contributed by atoms with E-state index in [2.05, 4.69) is 16.5 Å². The number of aromatic nitrogens is 2. The van der Waals surface area contributed by atoms with E-state index in [0.717, 1.165) is 37.3 Å². The number of likely N-dealkylation sites (tertiary alicyclic amines) is 1. The van der Waals surface area contributed by atoms with Crippen molar-refractivity contribution in [1.82, 2.24) is 14.5 Å². The molecule has 1 atom stereocenters. The molecule has 1 fully saturated rings. The first-order valence-corrected chi connectivity index (χ1v) is 7.63. The Hall–Kier alpha value is -1.36. The van der Waals surface area contributed by atoms with Crippen LogP contribution in [0.4, 0.5) is 0 Å². The molecule has 0 saturated carbocycles. The van der Waals surface area contributed by atoms with Crippen LogP contribution in [0.1, 0.15) is 36.5 Å². The van der Waals surface area contributed by atoms with Crippen LogP contribution in [0, 0.1) is 5.92 Å². The maximum Gasteiger partial charge on any atom is 0.306 e. The van der Waals surface area contributed by atoms with Gasteiger partial charge in [0, 0.05) is 32.1 Å². The second-order valence-corrected chi connectivity index (χ2v) is 6.06. The SMILES string of the molecule is Cn1c(CCN2CCCC2)nc2c1CCC(C(=O)O)C2. The molecular formula is C15H23N3O2. The third-order valence-corrected chi connectivity index (χ3v) is 4.76. The third-order valence-electron chi connectivity index (χ3n) is 4.76. The van der Waals surface area contributed by atoms with Crippen molar-refractivity contribution in [1.29, 1.82) is 0 Å². The summed E-state index contributed by atoms with van der Waals surface area (Å²) in [5.74, 6) is 0.191. The van der Waals surface area contributed by atoms with E-state index in [9.17, 15) is 4.79 Å². The van der Waals surface area contributed by atoms with Crippen LogP contribution in [0.15, 0.2) is 0 Å². The summed E-state index contributed by atoms with van der Waals surface area (Å²) in [5.41, 5.74) is 2.27. The predicted molar refractivity (Wildman–Crippen MR) is 75.7 cm³/mol. The smallest absolute Gasteiger partial charge is 0.306 e. The zero-order valence-corrected chi connectivity index (χ0v) is 12.1. The second-order valence-electron chi connectivity index (χ2n) is 6.06. The number of hydrogen-bond acceptors (Lipinski definition) is 3. The molecule has 0 amide bonds. The Kier molecular flexibility index (Phi) is 3.78. The van der Waals surface area contributed by atoms with Gasteiger partial charge >= 0.3 is 5.97 Å². The molecule has 2 heterocycles. The summed E-state index contributed by atoms with van der Waals surface area (Å²) in [4.78, 5) is 18.3. The summed E-state index contributed by atoms with van der Waals surface area (Å²) in [6, 6.07) is 0. The van der Waals surface area contributed by atoms with Gasteiger partial charge in [-0.1, -0.05) is 0 Å². The number of hydrogen-bond donors (Lipinski definition) is 1. The molecule has 5 nitrogen and oxygen atoms in total. The van der Waals surface area contributed by atoms with Crippen molar-refractivity contribution < 1.29 is 9.90 Å². The highest BCUT2D eigenvalue weighted by atomic mass is 16.4. The molecule has 1 saturated heterocycles. The Labute approximate surface area is 119 Å². The van der Waals surface area contributed by atoms with Gasteiger partial charge in [-0.25, -0.2) is 4.98 Å². The van der Waals surface area contributed by atoms with E-state index in [-0.39, 0.29) is 5.92 Å². The fourth-order valence-electron chi connectivity index (χ4n) is 3.47. The Balaban J connectivity index is 1.69. The van der Waals surface area contributed by atoms with Crippen LogP contribution in [-0.4, -0.2) is 45.2 Å². The van der Waals surface area contributed by atoms with Gasteiger partial charge in [-0.3, -0.25) is 4.79 Å². The Morgan fingerprint density at radius 3 is 2.85 bits per heavy atom. The summed E-state index contributed by atoms with van der Waals surface area (Å²) in [5, 5.41) is 9.15. The van der Waals surface area contributed by atoms with Crippen LogP contribution < -0.4 is 0 Å². The highest BCUT2D eigenvalue weighted by Crippen LogP contribution is 2.26. The summed E-state index contributed by atoms with van der Waals surface area (Å²) in [6.45, 7) is 3.50. The van der Waals surface area contributed by atoms with Gasteiger partial charge in [0.25, 0.3) is 0 Å². The van der Waals surface area contributed by atoms with Gasteiger partial charge in [-0.05, 0) is 38.8 Å². The minimum Gasteiger partial charge on any atom is -0.481 e. The van der Waals surface area contributed by atoms with Gasteiger partial charge in [-0.2, -0.15) is 0 Å². The first-order valence-electron chi connectivity index (χ1n) is 7.63. The van der Waals surface area contributed by atoms with Crippen molar-refractivity contribution in [3.05, 3.63) is 17.2 Å². The monoisotopic (exact) mass is 277 g/mol. The lowest BCUT2D eigenvalue weighted by atomic mass is 9.90. The summed E-state index contributed by atoms with van der Waals surface area (Å²) < 4.78 is 2.20. The van der Waals surface area contributed by atoms with Crippen LogP contribution in [-0.2, 0) is 31.1 Å². The lowest BCUT2D eigenvalue weighted by Gasteiger charge is -2.18. The third kappa shape index (κ3) is 2.59. The Bertz CT molecular complexity index is 503. The number of carboxylic acids is 1. The standard InChI is InChI=1S/C15H23N3O2/c1-17-13-5-4-11(15(19)20)10-12(13)16-14(17)6-9-18-7-2-3-8-18/h11H,2-10H2,1H3,(H,19,20). The number of carboxylic acid groups (broad SMARTS) is 1. The van der Waals surface area contributed by atoms with E-state index in [1.54, 1.807) is 0 Å². The Morgan fingerprint density at radius 1 is 1.40 bits per heavy atom. The van der Waals surface area contributed by atoms with Crippen LogP contribution in [0.3, 0.4) is 0 Å². The zero-order valence-electron chi connectivity index (χ0n) is 12.1. The molecule has 20 heavy (non-hydrogen) atoms. The van der Waals surface area contributed by atoms with Crippen molar-refractivity contribution in [2.24, 2.45) is 13.0 Å². The average molecular weight is 277 g/mol. The molecule has 1 unspecified atom stereocenters. The molecule has 1 aromatic heterocycles. The molecule has 0 radical (unpaired) electrons. The first-order chi connectivity index (χ1) is 9.65. The second kappa shape index (κ2) is 5.56. The number of fused-ring (bicyclic) bond motifs is 1. The maximum absolute atomic E-state index is 11.1. The minimum absolute atomic E-state index is 0.246. The molecule has 1 aliphatic carbocycles. The van der Waals surface area contributed by atoms with E-state index in [0.29, 0.717) is 6.42 Å². The molecular weight excluding hydrogens is 254 g/mol. The fraction of sp³-hybridized carbons (Fsp3) is 0.733. The molecule has 110 valence electrons. The molecule has 1 N–H and O–H groups in total. The van der Waals surface area contributed by atoms with Crippen molar-refractivity contribution in [2.45, 2.75) is 38.5 Å². The largest absolute Gasteiger partial charge is 0.481 e. The van der Waals surface area contributed by atoms with Gasteiger partial charge in [0.2, 0.25) is 0 Å². The minimum atomic E-state index is -0.681. The molecule has 0 aromatic carbocycles. The summed E-state index contributed by atoms with van der Waals surface area (Å²) in [6.07, 6.45) is 5.80. The number of aliphatic carboxylic acids is 1. The van der Waals surface area contributed by atoms with Crippen molar-refractivity contribution in [2.75, 3.05) is 19.6 Å². The normalized spacial score (nSPS) is 22.9. The van der Waals surface area contributed by atoms with Crippen LogP contribution in [0.2, 0.25) is 0 Å². The summed E-state index contributed by atoms with van der Waals surface area (Å²) in [7, 11) is 2.08. The summed E-state index contributed by atoms with van der Waals surface area (Å²) >= 11 is 0. The lowest BCUT2D eigenvalue weighted by molar-refractivity contribution is -0.142. The van der Waals surface area contributed by atoms with Crippen LogP contribution >= 0.6 is 0 Å². The molecule has 1 aromatic rings. The van der Waals surface area contributed by atoms with Gasteiger partial charge in [-0.15, -0.1) is 0 Å². The van der Waals surface area contributed by atoms with E-state index < -0.39 is 5.97 Å². The molecule has 1 aliphatic heterocycles. The van der Waals surface area contributed by atoms with Crippen LogP contribution in [0.5, 0.6) is 0 Å². The van der Waals surface area contributed by atoms with Gasteiger partial charge < -0.3 is 14.6 Å². The number of rotatable bonds is 4. The van der Waals surface area contributed by atoms with E-state index in [1.165, 1.54) is 31.6 Å². The van der Waals surface area contributed by atoms with Crippen molar-refractivity contribution in [3.8, 4) is 0 Å². The quantitative estimate of drug-likeness (QED) is 0.900. The lowest BCUT2D eigenvalue weighted by Crippen LogP contribution is -2.23. The van der Waals surface area contributed by atoms with E-state index in [4.69, 9.17) is 10.1 Å². The number of carbonyl (C=O) groups is 1. The molecule has 0 bridgehead atoms. The van der Waals surface area contributed by atoms with E-state index in [1.807, 2.05) is 0 Å². The van der Waals surface area contributed by atoms with Gasteiger partial charge in [0.05, 0.1) is 11.6 Å². The molecule has 0 spiro atoms. The highest BCUT2D eigenvalue weighted by Gasteiger charge is 2.28. The van der Waals surface area contributed by atoms with E-state index >= 15 is 0 Å². The topological polar surface area (TPSA) is 58.4 Å². The van der Waals surface area contributed by atoms with Crippen molar-refractivity contribution >= 4 is 5.97 Å². The number of nitrogens with zero attached hydrogens (tertiary/aromatic N) is 3. The first kappa shape index (κ1) is 13.6. The van der Waals surface area contributed by atoms with Crippen LogP contribution in [0.25, 0.3) is 0 Å². The van der Waals surface area contributed by atoms with Gasteiger partial charge in [0.15, 0.2) is 0 Å². The van der Waals surface area contributed by atoms with Crippen molar-refractivity contribution in [3.63, 3.8) is 0 Å². The Morgan fingerprint density at radius 2 is 2.15 bits per heavy atom. The average Bonchev–Trinajstić information content (AvgIpc) is 3.04. The number of imidazole rings is 1. The maximum atomic E-state index is 11.1. The van der Waals surface area contributed by atoms with Gasteiger partial charge in [0.1, 0.15) is 5.82 Å².